The summed E-state index contributed by atoms with van der Waals surface area (Å²) in [6.45, 7) is 2.07. The summed E-state index contributed by atoms with van der Waals surface area (Å²) in [5.41, 5.74) is 4.23. The molecule has 1 atom stereocenters. The van der Waals surface area contributed by atoms with Gasteiger partial charge in [0.2, 0.25) is 11.9 Å². The van der Waals surface area contributed by atoms with Crippen LogP contribution in [0.15, 0.2) is 58.8 Å². The van der Waals surface area contributed by atoms with Gasteiger partial charge in [-0.1, -0.05) is 37.3 Å². The van der Waals surface area contributed by atoms with Gasteiger partial charge < -0.3 is 10.6 Å². The minimum Gasteiger partial charge on any atom is -0.347 e. The third-order valence-corrected chi connectivity index (χ3v) is 4.95. The molecule has 0 aliphatic carbocycles. The molecule has 27 heavy (non-hydrogen) atoms. The predicted octanol–water partition coefficient (Wildman–Crippen LogP) is 4.08. The lowest BCUT2D eigenvalue weighted by Gasteiger charge is -2.17. The van der Waals surface area contributed by atoms with Crippen LogP contribution in [0.3, 0.4) is 0 Å². The van der Waals surface area contributed by atoms with Crippen LogP contribution in [0, 0.1) is 0 Å². The summed E-state index contributed by atoms with van der Waals surface area (Å²) in [6.07, 6.45) is 0.838. The number of hydrogen-bond donors (Lipinski definition) is 3. The molecule has 0 bridgehead atoms. The van der Waals surface area contributed by atoms with Crippen molar-refractivity contribution in [3.8, 4) is 0 Å². The van der Waals surface area contributed by atoms with Crippen LogP contribution in [0.1, 0.15) is 24.9 Å². The zero-order valence-electron chi connectivity index (χ0n) is 14.6. The van der Waals surface area contributed by atoms with Gasteiger partial charge in [0.15, 0.2) is 0 Å². The topological polar surface area (TPSA) is 95.6 Å². The van der Waals surface area contributed by atoms with E-state index in [9.17, 15) is 4.79 Å². The van der Waals surface area contributed by atoms with Gasteiger partial charge >= 0.3 is 5.69 Å². The molecule has 0 spiro atoms. The maximum atomic E-state index is 12.0. The summed E-state index contributed by atoms with van der Waals surface area (Å²) in [4.78, 5) is 27.2. The molecule has 0 fully saturated rings. The van der Waals surface area contributed by atoms with E-state index < -0.39 is 5.69 Å². The molecule has 4 rings (SSSR count). The number of thiazole rings is 1. The van der Waals surface area contributed by atoms with Crippen molar-refractivity contribution >= 4 is 39.1 Å². The van der Waals surface area contributed by atoms with Crippen LogP contribution in [0.4, 0.5) is 17.6 Å². The van der Waals surface area contributed by atoms with Crippen molar-refractivity contribution in [3.63, 3.8) is 0 Å². The number of H-pyrrole nitrogens is 1. The van der Waals surface area contributed by atoms with Crippen LogP contribution in [0.2, 0.25) is 0 Å². The number of rotatable bonds is 6. The van der Waals surface area contributed by atoms with Gasteiger partial charge in [-0.25, -0.2) is 9.78 Å². The molecule has 4 aromatic rings. The summed E-state index contributed by atoms with van der Waals surface area (Å²) in [5, 5.41) is 6.38. The van der Waals surface area contributed by atoms with Gasteiger partial charge in [0.1, 0.15) is 0 Å². The van der Waals surface area contributed by atoms with Gasteiger partial charge in [-0.05, 0) is 30.2 Å². The fourth-order valence-corrected chi connectivity index (χ4v) is 3.56. The molecule has 0 saturated carbocycles. The third-order valence-electron chi connectivity index (χ3n) is 4.16. The highest BCUT2D eigenvalue weighted by Gasteiger charge is 2.12. The monoisotopic (exact) mass is 378 g/mol. The summed E-state index contributed by atoms with van der Waals surface area (Å²) >= 11 is 1.56. The Morgan fingerprint density at radius 3 is 2.81 bits per heavy atom. The molecule has 2 aromatic carbocycles. The lowest BCUT2D eigenvalue weighted by molar-refractivity contribution is 0.735. The average Bonchev–Trinajstić information content (AvgIpc) is 3.14. The van der Waals surface area contributed by atoms with Gasteiger partial charge in [-0.2, -0.15) is 9.97 Å². The Labute approximate surface area is 159 Å². The third kappa shape index (κ3) is 3.95. The molecular formula is C19H18N6OS. The largest absolute Gasteiger partial charge is 0.351 e. The predicted molar refractivity (Wildman–Crippen MR) is 109 cm³/mol. The van der Waals surface area contributed by atoms with Crippen molar-refractivity contribution in [1.82, 2.24) is 19.9 Å². The summed E-state index contributed by atoms with van der Waals surface area (Å²) < 4.78 is 1.06. The summed E-state index contributed by atoms with van der Waals surface area (Å²) in [7, 11) is 0. The molecule has 0 radical (unpaired) electrons. The van der Waals surface area contributed by atoms with Crippen LogP contribution in [0.25, 0.3) is 10.2 Å². The molecule has 1 unspecified atom stereocenters. The molecule has 2 aromatic heterocycles. The maximum absolute atomic E-state index is 12.0. The highest BCUT2D eigenvalue weighted by atomic mass is 32.1. The zero-order valence-corrected chi connectivity index (χ0v) is 15.5. The Hall–Kier alpha value is -3.26. The van der Waals surface area contributed by atoms with Gasteiger partial charge in [0, 0.05) is 5.69 Å². The normalized spacial score (nSPS) is 12.0. The zero-order chi connectivity index (χ0) is 18.6. The number of anilines is 3. The number of benzene rings is 2. The van der Waals surface area contributed by atoms with Crippen LogP contribution in [0.5, 0.6) is 0 Å². The highest BCUT2D eigenvalue weighted by molar-refractivity contribution is 7.16. The molecule has 0 aliphatic rings. The number of hydrogen-bond acceptors (Lipinski definition) is 7. The molecule has 0 saturated heterocycles. The smallest absolute Gasteiger partial charge is 0.347 e. The van der Waals surface area contributed by atoms with E-state index in [0.29, 0.717) is 5.95 Å². The highest BCUT2D eigenvalue weighted by Crippen LogP contribution is 2.24. The van der Waals surface area contributed by atoms with Crippen molar-refractivity contribution in [2.75, 3.05) is 10.6 Å². The molecule has 7 nitrogen and oxygen atoms in total. The van der Waals surface area contributed by atoms with Crippen molar-refractivity contribution < 1.29 is 0 Å². The second kappa shape index (κ2) is 7.55. The Balaban J connectivity index is 1.58. The Bertz CT molecular complexity index is 1110. The standard InChI is InChI=1S/C19H18N6OS/c1-2-14(12-6-4-3-5-7-12)22-18-23-17(24-19(26)25-18)21-13-8-9-15-16(10-13)27-11-20-15/h3-11,14H,2H2,1H3,(H3,21,22,23,24,25,26). The van der Waals surface area contributed by atoms with E-state index in [1.807, 2.05) is 48.5 Å². The van der Waals surface area contributed by atoms with Crippen molar-refractivity contribution in [1.29, 1.82) is 0 Å². The summed E-state index contributed by atoms with van der Waals surface area (Å²) in [5.74, 6) is 0.625. The molecule has 0 aliphatic heterocycles. The van der Waals surface area contributed by atoms with E-state index >= 15 is 0 Å². The lowest BCUT2D eigenvalue weighted by atomic mass is 10.1. The van der Waals surface area contributed by atoms with Crippen molar-refractivity contribution in [3.05, 3.63) is 70.1 Å². The van der Waals surface area contributed by atoms with E-state index in [1.54, 1.807) is 16.8 Å². The van der Waals surface area contributed by atoms with E-state index in [0.717, 1.165) is 27.9 Å². The maximum Gasteiger partial charge on any atom is 0.351 e. The second-order valence-corrected chi connectivity index (χ2v) is 6.89. The molecule has 2 heterocycles. The fraction of sp³-hybridized carbons (Fsp3) is 0.158. The van der Waals surface area contributed by atoms with E-state index in [1.165, 1.54) is 0 Å². The number of aromatic nitrogens is 4. The van der Waals surface area contributed by atoms with Crippen LogP contribution in [-0.2, 0) is 0 Å². The lowest BCUT2D eigenvalue weighted by Crippen LogP contribution is -2.20. The van der Waals surface area contributed by atoms with Gasteiger partial charge in [0.05, 0.1) is 21.8 Å². The first-order valence-electron chi connectivity index (χ1n) is 8.61. The van der Waals surface area contributed by atoms with E-state index in [-0.39, 0.29) is 12.0 Å². The van der Waals surface area contributed by atoms with E-state index in [4.69, 9.17) is 0 Å². The van der Waals surface area contributed by atoms with Crippen LogP contribution < -0.4 is 16.3 Å². The first-order valence-corrected chi connectivity index (χ1v) is 9.49. The second-order valence-electron chi connectivity index (χ2n) is 6.00. The summed E-state index contributed by atoms with van der Waals surface area (Å²) in [6, 6.07) is 15.8. The molecule has 0 amide bonds. The van der Waals surface area contributed by atoms with E-state index in [2.05, 4.69) is 37.5 Å². The van der Waals surface area contributed by atoms with Crippen molar-refractivity contribution in [2.45, 2.75) is 19.4 Å². The van der Waals surface area contributed by atoms with Gasteiger partial charge in [-0.3, -0.25) is 4.98 Å². The Morgan fingerprint density at radius 2 is 2.00 bits per heavy atom. The first kappa shape index (κ1) is 17.2. The number of nitrogens with one attached hydrogen (secondary N) is 3. The Morgan fingerprint density at radius 1 is 1.15 bits per heavy atom. The minimum atomic E-state index is -0.461. The average molecular weight is 378 g/mol. The Kier molecular flexibility index (Phi) is 4.80. The van der Waals surface area contributed by atoms with Gasteiger partial charge in [-0.15, -0.1) is 11.3 Å². The fourth-order valence-electron chi connectivity index (χ4n) is 2.84. The molecule has 8 heteroatoms. The minimum absolute atomic E-state index is 0.0226. The molecule has 3 N–H and O–H groups in total. The van der Waals surface area contributed by atoms with Crippen molar-refractivity contribution in [2.24, 2.45) is 0 Å². The van der Waals surface area contributed by atoms with Crippen LogP contribution >= 0.6 is 11.3 Å². The number of fused-ring (bicyclic) bond motifs is 1. The quantitative estimate of drug-likeness (QED) is 0.468. The van der Waals surface area contributed by atoms with Crippen LogP contribution in [-0.4, -0.2) is 19.9 Å². The van der Waals surface area contributed by atoms with Gasteiger partial charge in [0.25, 0.3) is 0 Å². The molecule has 136 valence electrons. The number of nitrogens with zero attached hydrogens (tertiary/aromatic N) is 3. The number of aromatic amines is 1. The molecular weight excluding hydrogens is 360 g/mol. The first-order chi connectivity index (χ1) is 13.2. The SMILES string of the molecule is CCC(Nc1nc(Nc2ccc3ncsc3c2)[nH]c(=O)n1)c1ccccc1.